The Morgan fingerprint density at radius 3 is 0.966 bits per heavy atom. The molecule has 4 rings (SSSR count). The van der Waals surface area contributed by atoms with Crippen molar-refractivity contribution in [2.75, 3.05) is 0 Å². The van der Waals surface area contributed by atoms with E-state index in [9.17, 15) is 4.80 Å². The Hall–Kier alpha value is -2.23. The summed E-state index contributed by atoms with van der Waals surface area (Å²) in [5.74, 6) is 0. The molecule has 0 aliphatic rings. The molecule has 0 bridgehead atoms. The normalized spacial score (nSPS) is 9.79. The zero-order valence-corrected chi connectivity index (χ0v) is 20.9. The molecule has 0 fully saturated rings. The van der Waals surface area contributed by atoms with Crippen LogP contribution in [0.5, 0.6) is 0 Å². The molecule has 0 spiro atoms. The quantitative estimate of drug-likeness (QED) is 0.285. The van der Waals surface area contributed by atoms with Crippen LogP contribution in [-0.4, -0.2) is 62.2 Å². The minimum atomic E-state index is -1.86. The maximum Gasteiger partial charge on any atom is 0.198 e. The van der Waals surface area contributed by atoms with Crippen LogP contribution in [0.2, 0.25) is 19.6 Å². The molecule has 14 heteroatoms. The van der Waals surface area contributed by atoms with Crippen molar-refractivity contribution >= 4 is 23.4 Å². The predicted octanol–water partition coefficient (Wildman–Crippen LogP) is -0.990. The zero-order chi connectivity index (χ0) is 19.5. The van der Waals surface area contributed by atoms with Crippen LogP contribution in [0.25, 0.3) is 0 Å². The molecule has 0 saturated heterocycles. The summed E-state index contributed by atoms with van der Waals surface area (Å²) in [5.41, 5.74) is 0. The number of hydrogen-bond acceptors (Lipinski definition) is 5. The van der Waals surface area contributed by atoms with Gasteiger partial charge in [0.1, 0.15) is 0 Å². The molecule has 0 aliphatic carbocycles. The summed E-state index contributed by atoms with van der Waals surface area (Å²) in [7, 11) is -2.69. The Morgan fingerprint density at radius 2 is 0.828 bits per heavy atom. The summed E-state index contributed by atoms with van der Waals surface area (Å²) >= 11 is 0. The van der Waals surface area contributed by atoms with E-state index in [0.717, 1.165) is 0 Å². The van der Waals surface area contributed by atoms with E-state index < -0.39 is 23.4 Å². The first kappa shape index (κ1) is 26.8. The molecule has 0 aliphatic heterocycles. The van der Waals surface area contributed by atoms with Crippen molar-refractivity contribution in [1.82, 2.24) is 38.8 Å². The van der Waals surface area contributed by atoms with Crippen LogP contribution >= 0.6 is 0 Å². The summed E-state index contributed by atoms with van der Waals surface area (Å²) in [5, 5.41) is 16.4. The third-order valence-corrected chi connectivity index (χ3v) is 3.37. The minimum absolute atomic E-state index is 0. The predicted molar refractivity (Wildman–Crippen MR) is 112 cm³/mol. The number of nitrogens with zero attached hydrogens (tertiary/aromatic N) is 8. The fourth-order valence-electron chi connectivity index (χ4n) is 2.27. The molecule has 29 heavy (non-hydrogen) atoms. The molecule has 0 saturated carbocycles. The van der Waals surface area contributed by atoms with Gasteiger partial charge in [0.05, 0.1) is 0 Å². The Morgan fingerprint density at radius 1 is 0.621 bits per heavy atom. The molecule has 0 N–H and O–H groups in total. The first-order chi connectivity index (χ1) is 12.9. The van der Waals surface area contributed by atoms with E-state index in [1.165, 1.54) is 0 Å². The van der Waals surface area contributed by atoms with E-state index in [0.29, 0.717) is 0 Å². The smallest absolute Gasteiger partial charge is 0.198 e. The molecule has 1 radical (unpaired) electrons. The SMILES string of the molecule is C[Si](C)(C)[O-].[BH2-](n1cccn1)n1cccn1.[BH2-](n1cccn1)n1cccn1.[O-2].[Re]. The van der Waals surface area contributed by atoms with Gasteiger partial charge in [0, 0.05) is 45.2 Å². The van der Waals surface area contributed by atoms with E-state index in [2.05, 4.69) is 20.4 Å². The molecule has 4 aromatic rings. The van der Waals surface area contributed by atoms with Gasteiger partial charge >= 0.3 is 0 Å². The molecular formula is C15H25B2N8O2ReSi-5. The van der Waals surface area contributed by atoms with Crippen LogP contribution in [0.15, 0.2) is 73.8 Å². The minimum Gasteiger partial charge on any atom is -2.00 e. The van der Waals surface area contributed by atoms with Gasteiger partial charge in [-0.15, -0.1) is 0 Å². The van der Waals surface area contributed by atoms with Gasteiger partial charge in [0.2, 0.25) is 0 Å². The number of rotatable bonds is 4. The third kappa shape index (κ3) is 12.8. The fraction of sp³-hybridized carbons (Fsp3) is 0.200. The molecular weight excluding hydrogens is 560 g/mol. The van der Waals surface area contributed by atoms with Crippen molar-refractivity contribution in [2.24, 2.45) is 0 Å². The second-order valence-corrected chi connectivity index (χ2v) is 11.5. The summed E-state index contributed by atoms with van der Waals surface area (Å²) in [6, 6.07) is 7.69. The number of aromatic nitrogens is 8. The van der Waals surface area contributed by atoms with Gasteiger partial charge in [-0.05, 0) is 49.1 Å². The zero-order valence-electron chi connectivity index (χ0n) is 17.2. The van der Waals surface area contributed by atoms with Crippen LogP contribution in [0.1, 0.15) is 0 Å². The van der Waals surface area contributed by atoms with Crippen LogP contribution in [0.4, 0.5) is 0 Å². The Balaban J connectivity index is 0.000000420. The summed E-state index contributed by atoms with van der Waals surface area (Å²) in [6.07, 6.45) is 15.0. The Labute approximate surface area is 186 Å². The van der Waals surface area contributed by atoms with E-state index in [1.54, 1.807) is 44.4 Å². The average molecular weight is 585 g/mol. The molecule has 0 amide bonds. The molecule has 0 unspecified atom stereocenters. The molecule has 0 aromatic carbocycles. The van der Waals surface area contributed by atoms with Gasteiger partial charge in [-0.1, -0.05) is 28.0 Å². The molecule has 10 nitrogen and oxygen atoms in total. The largest absolute Gasteiger partial charge is 2.00 e. The van der Waals surface area contributed by atoms with Crippen molar-refractivity contribution in [3.8, 4) is 0 Å². The van der Waals surface area contributed by atoms with E-state index in [1.807, 2.05) is 67.4 Å². The van der Waals surface area contributed by atoms with Gasteiger partial charge in [0.15, 0.2) is 15.1 Å². The van der Waals surface area contributed by atoms with Crippen molar-refractivity contribution in [3.63, 3.8) is 0 Å². The van der Waals surface area contributed by atoms with E-state index >= 15 is 0 Å². The van der Waals surface area contributed by atoms with Crippen LogP contribution in [0, 0.1) is 0 Å². The van der Waals surface area contributed by atoms with Crippen LogP contribution < -0.4 is 4.80 Å². The van der Waals surface area contributed by atoms with Crippen LogP contribution in [-0.2, 0) is 25.9 Å². The fourth-order valence-corrected chi connectivity index (χ4v) is 2.27. The van der Waals surface area contributed by atoms with Crippen molar-refractivity contribution in [1.29, 1.82) is 0 Å². The second kappa shape index (κ2) is 13.9. The monoisotopic (exact) mass is 586 g/mol. The Kier molecular flexibility index (Phi) is 12.8. The standard InChI is InChI=1S/2C6H8BN4.C3H9OSi.O.Re/c2*1-3-8-10(5-1)7-11-6-2-4-9-11;1-5(2,3)4;;/h2*1-6H,7H2;1-3H3;;/q3*-1;-2;. The summed E-state index contributed by atoms with van der Waals surface area (Å²) in [4.78, 5) is 10.2. The summed E-state index contributed by atoms with van der Waals surface area (Å²) in [6.45, 7) is 5.31. The van der Waals surface area contributed by atoms with E-state index in [4.69, 9.17) is 0 Å². The topological polar surface area (TPSA) is 123 Å². The molecule has 4 heterocycles. The molecule has 159 valence electrons. The Bertz CT molecular complexity index is 701. The molecule has 0 atom stereocenters. The maximum absolute atomic E-state index is 10.2. The van der Waals surface area contributed by atoms with Crippen molar-refractivity contribution in [3.05, 3.63) is 73.8 Å². The van der Waals surface area contributed by atoms with E-state index in [-0.39, 0.29) is 25.9 Å². The van der Waals surface area contributed by atoms with Crippen LogP contribution in [0.3, 0.4) is 0 Å². The van der Waals surface area contributed by atoms with Gasteiger partial charge in [-0.25, -0.2) is 20.4 Å². The van der Waals surface area contributed by atoms with Gasteiger partial charge < -0.3 is 28.6 Å². The first-order valence-corrected chi connectivity index (χ1v) is 12.4. The maximum atomic E-state index is 10.2. The first-order valence-electron chi connectivity index (χ1n) is 9.03. The molecule has 4 aromatic heterocycles. The average Bonchev–Trinajstić information content (AvgIpc) is 3.38. The van der Waals surface area contributed by atoms with Crippen molar-refractivity contribution in [2.45, 2.75) is 19.6 Å². The second-order valence-electron chi connectivity index (χ2n) is 7.23. The third-order valence-electron chi connectivity index (χ3n) is 3.37. The van der Waals surface area contributed by atoms with Gasteiger partial charge in [0.25, 0.3) is 0 Å². The van der Waals surface area contributed by atoms with Crippen molar-refractivity contribution < 1.29 is 30.7 Å². The van der Waals surface area contributed by atoms with Gasteiger partial charge in [-0.2, -0.15) is 0 Å². The summed E-state index contributed by atoms with van der Waals surface area (Å²) < 4.78 is 7.75. The number of hydrogen-bond donors (Lipinski definition) is 0. The van der Waals surface area contributed by atoms with Gasteiger partial charge in [-0.3, -0.25) is 0 Å².